The van der Waals surface area contributed by atoms with Gasteiger partial charge in [-0.2, -0.15) is 0 Å². The predicted molar refractivity (Wildman–Crippen MR) is 103 cm³/mol. The number of anilines is 1. The van der Waals surface area contributed by atoms with Crippen LogP contribution in [0.3, 0.4) is 0 Å². The molecule has 0 bridgehead atoms. The summed E-state index contributed by atoms with van der Waals surface area (Å²) in [5, 5.41) is 2.05. The summed E-state index contributed by atoms with van der Waals surface area (Å²) in [6.45, 7) is 4.15. The highest BCUT2D eigenvalue weighted by Gasteiger charge is 2.16. The third kappa shape index (κ3) is 6.44. The van der Waals surface area contributed by atoms with Gasteiger partial charge in [0, 0.05) is 0 Å². The van der Waals surface area contributed by atoms with Crippen molar-refractivity contribution in [2.75, 3.05) is 25.1 Å². The quantitative estimate of drug-likeness (QED) is 0.593. The Bertz CT molecular complexity index is 837. The summed E-state index contributed by atoms with van der Waals surface area (Å²) >= 11 is 0. The maximum absolute atomic E-state index is 13.6. The molecule has 0 radical (unpaired) electrons. The Kier molecular flexibility index (Phi) is 8.39. The van der Waals surface area contributed by atoms with Crippen molar-refractivity contribution < 1.29 is 32.6 Å². The van der Waals surface area contributed by atoms with E-state index in [-0.39, 0.29) is 5.56 Å². The smallest absolute Gasteiger partial charge is 0.338 e. The number of para-hydroxylation sites is 1. The van der Waals surface area contributed by atoms with Gasteiger partial charge in [0.1, 0.15) is 17.3 Å². The lowest BCUT2D eigenvalue weighted by Crippen LogP contribution is -2.22. The second-order valence-corrected chi connectivity index (χ2v) is 6.08. The fourth-order valence-corrected chi connectivity index (χ4v) is 2.30. The minimum atomic E-state index is -0.926. The van der Waals surface area contributed by atoms with Crippen LogP contribution in [-0.2, 0) is 9.53 Å². The molecule has 8 heteroatoms. The number of hydrogen-bond acceptors (Lipinski definition) is 5. The number of amides is 1. The molecule has 2 aromatic carbocycles. The summed E-state index contributed by atoms with van der Waals surface area (Å²) in [6.07, 6.45) is 1.59. The van der Waals surface area contributed by atoms with Crippen LogP contribution in [0.2, 0.25) is 0 Å². The van der Waals surface area contributed by atoms with Crippen LogP contribution >= 0.6 is 0 Å². The van der Waals surface area contributed by atoms with E-state index in [4.69, 9.17) is 14.2 Å². The van der Waals surface area contributed by atoms with Crippen molar-refractivity contribution >= 4 is 17.6 Å². The number of carbonyl (C=O) groups is 2. The number of halogens is 2. The highest BCUT2D eigenvalue weighted by Crippen LogP contribution is 2.29. The zero-order chi connectivity index (χ0) is 21.2. The Morgan fingerprint density at radius 1 is 0.931 bits per heavy atom. The number of esters is 1. The highest BCUT2D eigenvalue weighted by molar-refractivity contribution is 5.95. The van der Waals surface area contributed by atoms with Gasteiger partial charge in [0.25, 0.3) is 5.91 Å². The molecule has 0 aliphatic rings. The number of rotatable bonds is 10. The molecule has 0 saturated carbocycles. The topological polar surface area (TPSA) is 73.9 Å². The predicted octanol–water partition coefficient (Wildman–Crippen LogP) is 4.34. The maximum Gasteiger partial charge on any atom is 0.338 e. The van der Waals surface area contributed by atoms with Crippen molar-refractivity contribution in [3.63, 3.8) is 0 Å². The summed E-state index contributed by atoms with van der Waals surface area (Å²) in [6, 6.07) is 7.73. The van der Waals surface area contributed by atoms with E-state index in [0.717, 1.165) is 25.0 Å². The molecular weight excluding hydrogens is 384 g/mol. The van der Waals surface area contributed by atoms with Gasteiger partial charge < -0.3 is 19.5 Å². The summed E-state index contributed by atoms with van der Waals surface area (Å²) in [4.78, 5) is 24.1. The Morgan fingerprint density at radius 3 is 2.17 bits per heavy atom. The molecule has 6 nitrogen and oxygen atoms in total. The summed E-state index contributed by atoms with van der Waals surface area (Å²) in [5.41, 5.74) is -0.439. The van der Waals surface area contributed by atoms with Gasteiger partial charge in [-0.25, -0.2) is 13.6 Å². The van der Waals surface area contributed by atoms with E-state index < -0.39 is 35.8 Å². The number of benzene rings is 2. The fourth-order valence-electron chi connectivity index (χ4n) is 2.30. The maximum atomic E-state index is 13.6. The van der Waals surface area contributed by atoms with E-state index in [2.05, 4.69) is 0 Å². The molecule has 0 saturated heterocycles. The number of ether oxygens (including phenoxy) is 3. The number of nitrogens with one attached hydrogen (secondary N) is 1. The average Bonchev–Trinajstić information content (AvgIpc) is 2.72. The molecule has 0 spiro atoms. The molecule has 0 fully saturated rings. The van der Waals surface area contributed by atoms with Gasteiger partial charge in [-0.1, -0.05) is 19.9 Å². The molecule has 2 rings (SSSR count). The first-order valence-corrected chi connectivity index (χ1v) is 9.26. The first-order valence-electron chi connectivity index (χ1n) is 9.26. The molecule has 2 aromatic rings. The lowest BCUT2D eigenvalue weighted by molar-refractivity contribution is -0.119. The summed E-state index contributed by atoms with van der Waals surface area (Å²) in [5.74, 6) is -2.60. The molecule has 0 aromatic heterocycles. The largest absolute Gasteiger partial charge is 0.490 e. The van der Waals surface area contributed by atoms with Crippen LogP contribution in [0.25, 0.3) is 0 Å². The number of carbonyl (C=O) groups excluding carboxylic acids is 2. The van der Waals surface area contributed by atoms with Gasteiger partial charge in [0.15, 0.2) is 18.1 Å². The Morgan fingerprint density at radius 2 is 1.55 bits per heavy atom. The third-order valence-corrected chi connectivity index (χ3v) is 3.66. The van der Waals surface area contributed by atoms with E-state index >= 15 is 0 Å². The molecule has 1 N–H and O–H groups in total. The van der Waals surface area contributed by atoms with E-state index in [9.17, 15) is 18.4 Å². The van der Waals surface area contributed by atoms with Crippen molar-refractivity contribution in [3.05, 3.63) is 53.6 Å². The lowest BCUT2D eigenvalue weighted by Gasteiger charge is -2.13. The zero-order valence-electron chi connectivity index (χ0n) is 16.3. The monoisotopic (exact) mass is 407 g/mol. The van der Waals surface area contributed by atoms with Crippen molar-refractivity contribution in [3.8, 4) is 11.5 Å². The SMILES string of the molecule is CCCOc1ccc(C(=O)OCC(=O)Nc2c(F)cccc2F)cc1OCCC. The van der Waals surface area contributed by atoms with Crippen molar-refractivity contribution in [1.82, 2.24) is 0 Å². The molecular formula is C21H23F2NO5. The van der Waals surface area contributed by atoms with E-state index in [0.29, 0.717) is 24.7 Å². The molecule has 1 amide bonds. The van der Waals surface area contributed by atoms with Crippen LogP contribution in [0.4, 0.5) is 14.5 Å². The minimum Gasteiger partial charge on any atom is -0.490 e. The summed E-state index contributed by atoms with van der Waals surface area (Å²) < 4.78 is 43.3. The standard InChI is InChI=1S/C21H23F2NO5/c1-3-10-27-17-9-8-14(12-18(17)28-11-4-2)21(26)29-13-19(25)24-20-15(22)6-5-7-16(20)23/h5-9,12H,3-4,10-11,13H2,1-2H3,(H,24,25). The van der Waals surface area contributed by atoms with Gasteiger partial charge in [0.05, 0.1) is 18.8 Å². The first-order chi connectivity index (χ1) is 14.0. The minimum absolute atomic E-state index is 0.157. The van der Waals surface area contributed by atoms with E-state index in [1.54, 1.807) is 6.07 Å². The van der Waals surface area contributed by atoms with Gasteiger partial charge in [-0.05, 0) is 43.2 Å². The van der Waals surface area contributed by atoms with Gasteiger partial charge >= 0.3 is 5.97 Å². The average molecular weight is 407 g/mol. The lowest BCUT2D eigenvalue weighted by atomic mass is 10.2. The van der Waals surface area contributed by atoms with Gasteiger partial charge in [-0.3, -0.25) is 4.79 Å². The van der Waals surface area contributed by atoms with Crippen molar-refractivity contribution in [2.45, 2.75) is 26.7 Å². The molecule has 0 atom stereocenters. The van der Waals surface area contributed by atoms with Crippen LogP contribution in [-0.4, -0.2) is 31.7 Å². The Balaban J connectivity index is 2.01. The normalized spacial score (nSPS) is 10.3. The first kappa shape index (κ1) is 22.1. The van der Waals surface area contributed by atoms with Gasteiger partial charge in [0.2, 0.25) is 0 Å². The second kappa shape index (κ2) is 11.0. The van der Waals surface area contributed by atoms with Crippen molar-refractivity contribution in [1.29, 1.82) is 0 Å². The van der Waals surface area contributed by atoms with E-state index in [1.165, 1.54) is 18.2 Å². The molecule has 0 unspecified atom stereocenters. The van der Waals surface area contributed by atoms with Crippen LogP contribution < -0.4 is 14.8 Å². The molecule has 0 aliphatic heterocycles. The molecule has 156 valence electrons. The Labute approximate surface area is 167 Å². The molecule has 29 heavy (non-hydrogen) atoms. The van der Waals surface area contributed by atoms with Gasteiger partial charge in [-0.15, -0.1) is 0 Å². The van der Waals surface area contributed by atoms with Crippen LogP contribution in [0, 0.1) is 11.6 Å². The summed E-state index contributed by atoms with van der Waals surface area (Å²) in [7, 11) is 0. The van der Waals surface area contributed by atoms with Crippen molar-refractivity contribution in [2.24, 2.45) is 0 Å². The van der Waals surface area contributed by atoms with Crippen LogP contribution in [0.1, 0.15) is 37.0 Å². The fraction of sp³-hybridized carbons (Fsp3) is 0.333. The Hall–Kier alpha value is -3.16. The highest BCUT2D eigenvalue weighted by atomic mass is 19.1. The second-order valence-electron chi connectivity index (χ2n) is 6.08. The number of hydrogen-bond donors (Lipinski definition) is 1. The van der Waals surface area contributed by atoms with Crippen LogP contribution in [0.5, 0.6) is 11.5 Å². The third-order valence-electron chi connectivity index (χ3n) is 3.66. The molecule has 0 heterocycles. The molecule has 0 aliphatic carbocycles. The zero-order valence-corrected chi connectivity index (χ0v) is 16.3. The van der Waals surface area contributed by atoms with E-state index in [1.807, 2.05) is 19.2 Å². The van der Waals surface area contributed by atoms with Crippen LogP contribution in [0.15, 0.2) is 36.4 Å².